The van der Waals surface area contributed by atoms with Crippen molar-refractivity contribution in [2.75, 3.05) is 6.61 Å². The molecule has 4 nitrogen and oxygen atoms in total. The molecular formula is C22H21NO3S2. The third-order valence-corrected chi connectivity index (χ3v) is 6.11. The van der Waals surface area contributed by atoms with Crippen molar-refractivity contribution in [3.05, 3.63) is 80.8 Å². The molecule has 6 heteroatoms. The van der Waals surface area contributed by atoms with Gasteiger partial charge in [-0.2, -0.15) is 0 Å². The summed E-state index contributed by atoms with van der Waals surface area (Å²) in [4.78, 5) is 30.3. The van der Waals surface area contributed by atoms with Gasteiger partial charge in [0.25, 0.3) is 0 Å². The van der Waals surface area contributed by atoms with Gasteiger partial charge < -0.3 is 4.74 Å². The lowest BCUT2D eigenvalue weighted by atomic mass is 10.0. The maximum atomic E-state index is 12.6. The first-order valence-corrected chi connectivity index (χ1v) is 10.7. The molecule has 3 rings (SSSR count). The number of hydrogen-bond acceptors (Lipinski definition) is 6. The van der Waals surface area contributed by atoms with Gasteiger partial charge in [-0.25, -0.2) is 9.78 Å². The second-order valence-corrected chi connectivity index (χ2v) is 8.54. The van der Waals surface area contributed by atoms with Crippen LogP contribution in [0.3, 0.4) is 0 Å². The molecule has 0 saturated heterocycles. The fourth-order valence-electron chi connectivity index (χ4n) is 2.71. The first kappa shape index (κ1) is 20.3. The van der Waals surface area contributed by atoms with E-state index in [0.29, 0.717) is 16.9 Å². The van der Waals surface area contributed by atoms with Gasteiger partial charge in [0.05, 0.1) is 16.3 Å². The number of ketones is 1. The van der Waals surface area contributed by atoms with Crippen LogP contribution in [-0.4, -0.2) is 23.3 Å². The highest BCUT2D eigenvalue weighted by Gasteiger charge is 2.17. The van der Waals surface area contributed by atoms with E-state index in [-0.39, 0.29) is 12.4 Å². The van der Waals surface area contributed by atoms with E-state index in [0.717, 1.165) is 26.7 Å². The zero-order valence-electron chi connectivity index (χ0n) is 16.0. The molecule has 144 valence electrons. The van der Waals surface area contributed by atoms with Crippen LogP contribution in [-0.2, 0) is 10.5 Å². The highest BCUT2D eigenvalue weighted by Crippen LogP contribution is 2.27. The molecule has 0 bridgehead atoms. The Hall–Kier alpha value is -2.44. The van der Waals surface area contributed by atoms with Crippen molar-refractivity contribution in [3.63, 3.8) is 0 Å². The molecule has 0 saturated carbocycles. The van der Waals surface area contributed by atoms with Crippen molar-refractivity contribution in [3.8, 4) is 0 Å². The van der Waals surface area contributed by atoms with Gasteiger partial charge in [-0.15, -0.1) is 23.1 Å². The number of benzene rings is 2. The second-order valence-electron chi connectivity index (χ2n) is 6.46. The molecule has 28 heavy (non-hydrogen) atoms. The molecule has 0 aliphatic heterocycles. The van der Waals surface area contributed by atoms with Crippen molar-refractivity contribution >= 4 is 34.9 Å². The first-order valence-electron chi connectivity index (χ1n) is 8.84. The number of thiazole rings is 1. The average Bonchev–Trinajstić information content (AvgIpc) is 3.11. The summed E-state index contributed by atoms with van der Waals surface area (Å²) in [5.41, 5.74) is 3.92. The Morgan fingerprint density at radius 1 is 1.07 bits per heavy atom. The van der Waals surface area contributed by atoms with Gasteiger partial charge >= 0.3 is 5.97 Å². The fourth-order valence-corrected chi connectivity index (χ4v) is 4.36. The summed E-state index contributed by atoms with van der Waals surface area (Å²) >= 11 is 3.14. The summed E-state index contributed by atoms with van der Waals surface area (Å²) in [5, 5.41) is 3.04. The predicted octanol–water partition coefficient (Wildman–Crippen LogP) is 5.40. The fraction of sp³-hybridized carbons (Fsp3) is 0.227. The first-order chi connectivity index (χ1) is 13.4. The standard InChI is InChI=1S/C22H21NO3S2/c1-14-8-9-15(2)19(10-14)20(24)11-26-22(25)18-6-4-5-7-21(18)28-13-17-12-27-16(3)23-17/h4-10,12H,11,13H2,1-3H3. The Kier molecular flexibility index (Phi) is 6.65. The van der Waals surface area contributed by atoms with Gasteiger partial charge in [-0.05, 0) is 44.5 Å². The van der Waals surface area contributed by atoms with Crippen LogP contribution in [0.15, 0.2) is 52.7 Å². The monoisotopic (exact) mass is 411 g/mol. The minimum absolute atomic E-state index is 0.197. The van der Waals surface area contributed by atoms with E-state index in [2.05, 4.69) is 4.98 Å². The molecule has 0 aliphatic carbocycles. The average molecular weight is 412 g/mol. The smallest absolute Gasteiger partial charge is 0.339 e. The maximum Gasteiger partial charge on any atom is 0.339 e. The van der Waals surface area contributed by atoms with Crippen LogP contribution in [0.25, 0.3) is 0 Å². The molecule has 0 atom stereocenters. The second kappa shape index (κ2) is 9.17. The van der Waals surface area contributed by atoms with E-state index in [1.54, 1.807) is 23.5 Å². The molecule has 0 radical (unpaired) electrons. The normalized spacial score (nSPS) is 10.7. The van der Waals surface area contributed by atoms with Crippen molar-refractivity contribution in [2.24, 2.45) is 0 Å². The van der Waals surface area contributed by atoms with Crippen LogP contribution in [0.1, 0.15) is 42.5 Å². The van der Waals surface area contributed by atoms with Crippen LogP contribution in [0.4, 0.5) is 0 Å². The summed E-state index contributed by atoms with van der Waals surface area (Å²) in [6.07, 6.45) is 0. The molecule has 3 aromatic rings. The number of rotatable bonds is 7. The molecule has 2 aromatic carbocycles. The lowest BCUT2D eigenvalue weighted by Gasteiger charge is -2.10. The van der Waals surface area contributed by atoms with Crippen LogP contribution in [0.5, 0.6) is 0 Å². The van der Waals surface area contributed by atoms with E-state index in [1.807, 2.05) is 56.5 Å². The van der Waals surface area contributed by atoms with Gasteiger partial charge in [0.1, 0.15) is 0 Å². The van der Waals surface area contributed by atoms with Crippen molar-refractivity contribution in [1.82, 2.24) is 4.98 Å². The number of esters is 1. The summed E-state index contributed by atoms with van der Waals surface area (Å²) < 4.78 is 5.32. The van der Waals surface area contributed by atoms with E-state index in [9.17, 15) is 9.59 Å². The zero-order valence-corrected chi connectivity index (χ0v) is 17.7. The molecule has 0 N–H and O–H groups in total. The number of thioether (sulfide) groups is 1. The Balaban J connectivity index is 1.65. The van der Waals surface area contributed by atoms with E-state index in [1.165, 1.54) is 11.8 Å². The molecule has 0 fully saturated rings. The number of aromatic nitrogens is 1. The van der Waals surface area contributed by atoms with Crippen LogP contribution < -0.4 is 0 Å². The van der Waals surface area contributed by atoms with Gasteiger partial charge in [0.15, 0.2) is 6.61 Å². The summed E-state index contributed by atoms with van der Waals surface area (Å²) in [6.45, 7) is 5.50. The Labute approximate surface area is 173 Å². The lowest BCUT2D eigenvalue weighted by Crippen LogP contribution is -2.16. The Morgan fingerprint density at radius 2 is 1.86 bits per heavy atom. The van der Waals surface area contributed by atoms with Crippen LogP contribution in [0.2, 0.25) is 0 Å². The molecular weight excluding hydrogens is 390 g/mol. The van der Waals surface area contributed by atoms with Crippen molar-refractivity contribution in [1.29, 1.82) is 0 Å². The Morgan fingerprint density at radius 3 is 2.61 bits per heavy atom. The van der Waals surface area contributed by atoms with Gasteiger partial charge in [0.2, 0.25) is 5.78 Å². The van der Waals surface area contributed by atoms with E-state index in [4.69, 9.17) is 4.74 Å². The lowest BCUT2D eigenvalue weighted by molar-refractivity contribution is 0.0471. The van der Waals surface area contributed by atoms with E-state index >= 15 is 0 Å². The predicted molar refractivity (Wildman–Crippen MR) is 113 cm³/mol. The number of nitrogens with zero attached hydrogens (tertiary/aromatic N) is 1. The molecule has 0 unspecified atom stereocenters. The quantitative estimate of drug-likeness (QED) is 0.296. The van der Waals surface area contributed by atoms with Gasteiger partial charge in [-0.3, -0.25) is 4.79 Å². The highest BCUT2D eigenvalue weighted by molar-refractivity contribution is 7.98. The topological polar surface area (TPSA) is 56.3 Å². The molecule has 1 aromatic heterocycles. The largest absolute Gasteiger partial charge is 0.454 e. The minimum atomic E-state index is -0.490. The number of hydrogen-bond donors (Lipinski definition) is 0. The van der Waals surface area contributed by atoms with Gasteiger partial charge in [0, 0.05) is 21.6 Å². The highest BCUT2D eigenvalue weighted by atomic mass is 32.2. The SMILES string of the molecule is Cc1ccc(C)c(C(=O)COC(=O)c2ccccc2SCc2csc(C)n2)c1. The number of Topliss-reactive ketones (excluding diaryl/α,β-unsaturated/α-hetero) is 1. The van der Waals surface area contributed by atoms with Crippen LogP contribution >= 0.6 is 23.1 Å². The molecule has 0 aliphatic rings. The summed E-state index contributed by atoms with van der Waals surface area (Å²) in [6, 6.07) is 13.0. The van der Waals surface area contributed by atoms with Crippen molar-refractivity contribution in [2.45, 2.75) is 31.4 Å². The third-order valence-electron chi connectivity index (χ3n) is 4.18. The number of aryl methyl sites for hydroxylation is 3. The minimum Gasteiger partial charge on any atom is -0.454 e. The summed E-state index contributed by atoms with van der Waals surface area (Å²) in [5.74, 6) is -0.00962. The van der Waals surface area contributed by atoms with Crippen molar-refractivity contribution < 1.29 is 14.3 Å². The number of carbonyl (C=O) groups is 2. The summed E-state index contributed by atoms with van der Waals surface area (Å²) in [7, 11) is 0. The molecule has 1 heterocycles. The number of ether oxygens (including phenoxy) is 1. The van der Waals surface area contributed by atoms with E-state index < -0.39 is 5.97 Å². The Bertz CT molecular complexity index is 1010. The number of carbonyl (C=O) groups excluding carboxylic acids is 2. The van der Waals surface area contributed by atoms with Gasteiger partial charge in [-0.1, -0.05) is 29.8 Å². The van der Waals surface area contributed by atoms with Crippen LogP contribution in [0, 0.1) is 20.8 Å². The third kappa shape index (κ3) is 5.09. The molecule has 0 amide bonds. The molecule has 0 spiro atoms. The zero-order chi connectivity index (χ0) is 20.1. The maximum absolute atomic E-state index is 12.6.